The summed E-state index contributed by atoms with van der Waals surface area (Å²) in [6.07, 6.45) is 3.98. The predicted molar refractivity (Wildman–Crippen MR) is 72.3 cm³/mol. The van der Waals surface area contributed by atoms with Gasteiger partial charge in [-0.25, -0.2) is 0 Å². The third kappa shape index (κ3) is 3.41. The standard InChI is InChI=1S/C13H19N3S/c1-10-6-15-16(8-10)9-12(3)14-7-13-11(2)4-5-17-13/h4-6,8,12,14H,7,9H2,1-3H3. The minimum atomic E-state index is 0.427. The molecule has 2 aromatic rings. The molecular weight excluding hydrogens is 230 g/mol. The summed E-state index contributed by atoms with van der Waals surface area (Å²) in [7, 11) is 0. The number of nitrogens with zero attached hydrogens (tertiary/aromatic N) is 2. The van der Waals surface area contributed by atoms with E-state index in [1.165, 1.54) is 16.0 Å². The van der Waals surface area contributed by atoms with Crippen LogP contribution < -0.4 is 5.32 Å². The molecule has 0 spiro atoms. The van der Waals surface area contributed by atoms with Gasteiger partial charge >= 0.3 is 0 Å². The molecule has 1 atom stereocenters. The number of aromatic nitrogens is 2. The van der Waals surface area contributed by atoms with Gasteiger partial charge in [0.2, 0.25) is 0 Å². The molecule has 2 heterocycles. The van der Waals surface area contributed by atoms with Crippen molar-refractivity contribution in [3.63, 3.8) is 0 Å². The molecule has 0 fully saturated rings. The Morgan fingerprint density at radius 1 is 1.47 bits per heavy atom. The lowest BCUT2D eigenvalue weighted by molar-refractivity contribution is 0.452. The summed E-state index contributed by atoms with van der Waals surface area (Å²) in [6, 6.07) is 2.60. The van der Waals surface area contributed by atoms with E-state index in [9.17, 15) is 0 Å². The first-order valence-corrected chi connectivity index (χ1v) is 6.78. The van der Waals surface area contributed by atoms with E-state index in [1.54, 1.807) is 0 Å². The Balaban J connectivity index is 1.82. The van der Waals surface area contributed by atoms with Crippen LogP contribution in [0, 0.1) is 13.8 Å². The molecule has 4 heteroatoms. The lowest BCUT2D eigenvalue weighted by Gasteiger charge is -2.13. The molecule has 0 saturated carbocycles. The van der Waals surface area contributed by atoms with Gasteiger partial charge < -0.3 is 5.32 Å². The van der Waals surface area contributed by atoms with E-state index >= 15 is 0 Å². The van der Waals surface area contributed by atoms with Gasteiger partial charge in [-0.1, -0.05) is 0 Å². The molecule has 2 aromatic heterocycles. The minimum Gasteiger partial charge on any atom is -0.308 e. The summed E-state index contributed by atoms with van der Waals surface area (Å²) >= 11 is 1.82. The van der Waals surface area contributed by atoms with Crippen molar-refractivity contribution in [3.05, 3.63) is 39.8 Å². The summed E-state index contributed by atoms with van der Waals surface area (Å²) in [5.41, 5.74) is 2.59. The van der Waals surface area contributed by atoms with Crippen LogP contribution in [0.5, 0.6) is 0 Å². The van der Waals surface area contributed by atoms with Crippen molar-refractivity contribution in [2.75, 3.05) is 0 Å². The van der Waals surface area contributed by atoms with E-state index in [1.807, 2.05) is 22.2 Å². The second kappa shape index (κ2) is 5.47. The van der Waals surface area contributed by atoms with Gasteiger partial charge in [-0.15, -0.1) is 11.3 Å². The molecule has 0 aliphatic rings. The fraction of sp³-hybridized carbons (Fsp3) is 0.462. The fourth-order valence-electron chi connectivity index (χ4n) is 1.76. The van der Waals surface area contributed by atoms with Crippen LogP contribution in [0.3, 0.4) is 0 Å². The van der Waals surface area contributed by atoms with Gasteiger partial charge in [0.05, 0.1) is 12.7 Å². The topological polar surface area (TPSA) is 29.9 Å². The van der Waals surface area contributed by atoms with Crippen LogP contribution in [0.2, 0.25) is 0 Å². The number of rotatable bonds is 5. The molecule has 0 amide bonds. The molecule has 92 valence electrons. The molecule has 17 heavy (non-hydrogen) atoms. The zero-order valence-corrected chi connectivity index (χ0v) is 11.4. The molecule has 0 aliphatic carbocycles. The predicted octanol–water partition coefficient (Wildman–Crippen LogP) is 2.74. The Kier molecular flexibility index (Phi) is 3.97. The van der Waals surface area contributed by atoms with Crippen LogP contribution in [0.1, 0.15) is 22.9 Å². The van der Waals surface area contributed by atoms with Crippen LogP contribution in [0.4, 0.5) is 0 Å². The number of aryl methyl sites for hydroxylation is 2. The first-order chi connectivity index (χ1) is 8.15. The third-order valence-electron chi connectivity index (χ3n) is 2.80. The Hall–Kier alpha value is -1.13. The summed E-state index contributed by atoms with van der Waals surface area (Å²) in [5, 5.41) is 9.98. The molecule has 0 radical (unpaired) electrons. The molecule has 2 rings (SSSR count). The van der Waals surface area contributed by atoms with E-state index < -0.39 is 0 Å². The average Bonchev–Trinajstić information content (AvgIpc) is 2.85. The minimum absolute atomic E-state index is 0.427. The van der Waals surface area contributed by atoms with E-state index in [0.717, 1.165) is 13.1 Å². The van der Waals surface area contributed by atoms with Gasteiger partial charge in [0.15, 0.2) is 0 Å². The van der Waals surface area contributed by atoms with E-state index in [2.05, 4.69) is 48.8 Å². The normalized spacial score (nSPS) is 12.9. The second-order valence-corrected chi connectivity index (χ2v) is 5.55. The zero-order chi connectivity index (χ0) is 12.3. The van der Waals surface area contributed by atoms with Crippen LogP contribution in [-0.4, -0.2) is 15.8 Å². The molecule has 0 bridgehead atoms. The smallest absolute Gasteiger partial charge is 0.0560 e. The Morgan fingerprint density at radius 2 is 2.29 bits per heavy atom. The molecule has 0 saturated heterocycles. The maximum absolute atomic E-state index is 4.30. The van der Waals surface area contributed by atoms with Crippen molar-refractivity contribution in [2.24, 2.45) is 0 Å². The van der Waals surface area contributed by atoms with Gasteiger partial charge in [-0.2, -0.15) is 5.10 Å². The lowest BCUT2D eigenvalue weighted by Crippen LogP contribution is -2.30. The Labute approximate surface area is 106 Å². The van der Waals surface area contributed by atoms with Crippen LogP contribution in [-0.2, 0) is 13.1 Å². The zero-order valence-electron chi connectivity index (χ0n) is 10.6. The quantitative estimate of drug-likeness (QED) is 0.883. The Bertz CT molecular complexity index is 472. The first kappa shape index (κ1) is 12.3. The molecule has 0 aliphatic heterocycles. The monoisotopic (exact) mass is 249 g/mol. The summed E-state index contributed by atoms with van der Waals surface area (Å²) in [5.74, 6) is 0. The first-order valence-electron chi connectivity index (χ1n) is 5.90. The van der Waals surface area contributed by atoms with Crippen molar-refractivity contribution in [2.45, 2.75) is 39.9 Å². The highest BCUT2D eigenvalue weighted by atomic mass is 32.1. The van der Waals surface area contributed by atoms with Crippen molar-refractivity contribution in [1.29, 1.82) is 0 Å². The highest BCUT2D eigenvalue weighted by Gasteiger charge is 2.05. The summed E-state index contributed by atoms with van der Waals surface area (Å²) in [6.45, 7) is 8.29. The van der Waals surface area contributed by atoms with Gasteiger partial charge in [0, 0.05) is 23.7 Å². The Morgan fingerprint density at radius 3 is 2.88 bits per heavy atom. The maximum Gasteiger partial charge on any atom is 0.0560 e. The SMILES string of the molecule is Cc1cnn(CC(C)NCc2sccc2C)c1. The van der Waals surface area contributed by atoms with Crippen LogP contribution >= 0.6 is 11.3 Å². The largest absolute Gasteiger partial charge is 0.308 e. The van der Waals surface area contributed by atoms with E-state index in [-0.39, 0.29) is 0 Å². The van der Waals surface area contributed by atoms with E-state index in [0.29, 0.717) is 6.04 Å². The molecule has 1 unspecified atom stereocenters. The van der Waals surface area contributed by atoms with Crippen molar-refractivity contribution < 1.29 is 0 Å². The number of hydrogen-bond acceptors (Lipinski definition) is 3. The van der Waals surface area contributed by atoms with Crippen molar-refractivity contribution >= 4 is 11.3 Å². The van der Waals surface area contributed by atoms with Crippen molar-refractivity contribution in [1.82, 2.24) is 15.1 Å². The highest BCUT2D eigenvalue weighted by molar-refractivity contribution is 7.10. The van der Waals surface area contributed by atoms with Crippen LogP contribution in [0.15, 0.2) is 23.8 Å². The van der Waals surface area contributed by atoms with Gasteiger partial charge in [-0.05, 0) is 43.3 Å². The van der Waals surface area contributed by atoms with Crippen LogP contribution in [0.25, 0.3) is 0 Å². The van der Waals surface area contributed by atoms with E-state index in [4.69, 9.17) is 0 Å². The van der Waals surface area contributed by atoms with Gasteiger partial charge in [0.25, 0.3) is 0 Å². The lowest BCUT2D eigenvalue weighted by atomic mass is 10.2. The molecular formula is C13H19N3S. The number of hydrogen-bond donors (Lipinski definition) is 1. The highest BCUT2D eigenvalue weighted by Crippen LogP contribution is 2.15. The molecule has 1 N–H and O–H groups in total. The molecule has 0 aromatic carbocycles. The summed E-state index contributed by atoms with van der Waals surface area (Å²) < 4.78 is 1.99. The number of nitrogens with one attached hydrogen (secondary N) is 1. The number of thiophene rings is 1. The van der Waals surface area contributed by atoms with Crippen molar-refractivity contribution in [3.8, 4) is 0 Å². The summed E-state index contributed by atoms with van der Waals surface area (Å²) in [4.78, 5) is 1.42. The van der Waals surface area contributed by atoms with Gasteiger partial charge in [0.1, 0.15) is 0 Å². The third-order valence-corrected chi connectivity index (χ3v) is 3.83. The molecule has 3 nitrogen and oxygen atoms in total. The fourth-order valence-corrected chi connectivity index (χ4v) is 2.62. The second-order valence-electron chi connectivity index (χ2n) is 4.55. The maximum atomic E-state index is 4.30. The average molecular weight is 249 g/mol. The van der Waals surface area contributed by atoms with Gasteiger partial charge in [-0.3, -0.25) is 4.68 Å².